The maximum Gasteiger partial charge on any atom is 0.410 e. The van der Waals surface area contributed by atoms with Gasteiger partial charge in [0.25, 0.3) is 0 Å². The van der Waals surface area contributed by atoms with E-state index in [0.29, 0.717) is 26.1 Å². The molecule has 0 saturated carbocycles. The molecule has 1 spiro atoms. The predicted octanol–water partition coefficient (Wildman–Crippen LogP) is 1.49. The van der Waals surface area contributed by atoms with Gasteiger partial charge in [0.1, 0.15) is 18.0 Å². The highest BCUT2D eigenvalue weighted by Gasteiger charge is 2.46. The molecule has 0 aromatic heterocycles. The van der Waals surface area contributed by atoms with E-state index in [-0.39, 0.29) is 17.6 Å². The van der Waals surface area contributed by atoms with Gasteiger partial charge in [0, 0.05) is 45.9 Å². The SMILES string of the molecule is CNC(=O)CCN1CCC2(CC1)CN(CCOc1ccccc1)C(=O)O2. The van der Waals surface area contributed by atoms with Crippen LogP contribution in [0.2, 0.25) is 0 Å². The number of hydrogen-bond donors (Lipinski definition) is 1. The van der Waals surface area contributed by atoms with Crippen molar-refractivity contribution in [3.8, 4) is 5.75 Å². The van der Waals surface area contributed by atoms with Crippen molar-refractivity contribution >= 4 is 12.0 Å². The largest absolute Gasteiger partial charge is 0.492 e. The summed E-state index contributed by atoms with van der Waals surface area (Å²) in [6.07, 6.45) is 1.87. The van der Waals surface area contributed by atoms with Crippen molar-refractivity contribution < 1.29 is 19.1 Å². The lowest BCUT2D eigenvalue weighted by Crippen LogP contribution is -2.47. The zero-order valence-electron chi connectivity index (χ0n) is 15.3. The fourth-order valence-electron chi connectivity index (χ4n) is 3.48. The monoisotopic (exact) mass is 361 g/mol. The van der Waals surface area contributed by atoms with E-state index in [1.54, 1.807) is 11.9 Å². The molecule has 7 heteroatoms. The summed E-state index contributed by atoms with van der Waals surface area (Å²) in [4.78, 5) is 27.6. The molecule has 2 aliphatic heterocycles. The maximum absolute atomic E-state index is 12.2. The molecule has 1 aromatic rings. The zero-order chi connectivity index (χ0) is 18.4. The highest BCUT2D eigenvalue weighted by Crippen LogP contribution is 2.33. The second-order valence-corrected chi connectivity index (χ2v) is 6.90. The van der Waals surface area contributed by atoms with E-state index in [1.807, 2.05) is 30.3 Å². The Kier molecular flexibility index (Phi) is 5.98. The van der Waals surface area contributed by atoms with Gasteiger partial charge in [0.15, 0.2) is 0 Å². The zero-order valence-corrected chi connectivity index (χ0v) is 15.3. The molecular weight excluding hydrogens is 334 g/mol. The number of nitrogens with one attached hydrogen (secondary N) is 1. The number of rotatable bonds is 7. The second-order valence-electron chi connectivity index (χ2n) is 6.90. The number of likely N-dealkylation sites (tertiary alicyclic amines) is 1. The molecule has 0 atom stereocenters. The van der Waals surface area contributed by atoms with E-state index in [1.165, 1.54) is 0 Å². The molecule has 2 amide bonds. The van der Waals surface area contributed by atoms with Crippen molar-refractivity contribution in [3.05, 3.63) is 30.3 Å². The highest BCUT2D eigenvalue weighted by molar-refractivity contribution is 5.75. The molecule has 142 valence electrons. The number of nitrogens with zero attached hydrogens (tertiary/aromatic N) is 2. The van der Waals surface area contributed by atoms with Crippen molar-refractivity contribution in [2.75, 3.05) is 46.4 Å². The molecule has 0 unspecified atom stereocenters. The molecule has 7 nitrogen and oxygen atoms in total. The first kappa shape index (κ1) is 18.5. The van der Waals surface area contributed by atoms with Crippen LogP contribution in [0.25, 0.3) is 0 Å². The molecule has 0 aliphatic carbocycles. The van der Waals surface area contributed by atoms with Gasteiger partial charge in [-0.25, -0.2) is 4.79 Å². The summed E-state index contributed by atoms with van der Waals surface area (Å²) >= 11 is 0. The quantitative estimate of drug-likeness (QED) is 0.797. The Morgan fingerprint density at radius 2 is 1.96 bits per heavy atom. The first-order chi connectivity index (χ1) is 12.6. The lowest BCUT2D eigenvalue weighted by atomic mass is 9.91. The highest BCUT2D eigenvalue weighted by atomic mass is 16.6. The number of carbonyl (C=O) groups is 2. The molecule has 2 saturated heterocycles. The lowest BCUT2D eigenvalue weighted by Gasteiger charge is -2.37. The summed E-state index contributed by atoms with van der Waals surface area (Å²) in [5.74, 6) is 0.862. The van der Waals surface area contributed by atoms with E-state index >= 15 is 0 Å². The van der Waals surface area contributed by atoms with Crippen LogP contribution in [-0.4, -0.2) is 73.8 Å². The fraction of sp³-hybridized carbons (Fsp3) is 0.579. The van der Waals surface area contributed by atoms with Gasteiger partial charge in [-0.05, 0) is 12.1 Å². The molecular formula is C19H27N3O4. The molecule has 2 heterocycles. The van der Waals surface area contributed by atoms with Gasteiger partial charge < -0.3 is 24.6 Å². The van der Waals surface area contributed by atoms with Gasteiger partial charge in [-0.2, -0.15) is 0 Å². The van der Waals surface area contributed by atoms with Gasteiger partial charge >= 0.3 is 6.09 Å². The van der Waals surface area contributed by atoms with Crippen LogP contribution < -0.4 is 10.1 Å². The first-order valence-electron chi connectivity index (χ1n) is 9.19. The van der Waals surface area contributed by atoms with Gasteiger partial charge in [0.2, 0.25) is 5.91 Å². The average molecular weight is 361 g/mol. The van der Waals surface area contributed by atoms with Crippen LogP contribution in [0, 0.1) is 0 Å². The number of piperidine rings is 1. The molecule has 2 fully saturated rings. The fourth-order valence-corrected chi connectivity index (χ4v) is 3.48. The maximum atomic E-state index is 12.2. The minimum Gasteiger partial charge on any atom is -0.492 e. The van der Waals surface area contributed by atoms with E-state index in [4.69, 9.17) is 9.47 Å². The Morgan fingerprint density at radius 1 is 1.23 bits per heavy atom. The smallest absolute Gasteiger partial charge is 0.410 e. The number of ether oxygens (including phenoxy) is 2. The Labute approximate surface area is 154 Å². The summed E-state index contributed by atoms with van der Waals surface area (Å²) < 4.78 is 11.4. The van der Waals surface area contributed by atoms with Crippen LogP contribution in [-0.2, 0) is 9.53 Å². The molecule has 0 radical (unpaired) electrons. The summed E-state index contributed by atoms with van der Waals surface area (Å²) in [5, 5.41) is 2.64. The van der Waals surface area contributed by atoms with E-state index in [2.05, 4.69) is 10.2 Å². The minimum atomic E-state index is -0.382. The van der Waals surface area contributed by atoms with Gasteiger partial charge in [-0.1, -0.05) is 18.2 Å². The molecule has 3 rings (SSSR count). The number of amides is 2. The van der Waals surface area contributed by atoms with Crippen LogP contribution in [0.15, 0.2) is 30.3 Å². The van der Waals surface area contributed by atoms with Crippen LogP contribution in [0.1, 0.15) is 19.3 Å². The molecule has 1 N–H and O–H groups in total. The number of hydrogen-bond acceptors (Lipinski definition) is 5. The molecule has 26 heavy (non-hydrogen) atoms. The normalized spacial score (nSPS) is 19.4. The lowest BCUT2D eigenvalue weighted by molar-refractivity contribution is -0.121. The molecule has 2 aliphatic rings. The third-order valence-corrected chi connectivity index (χ3v) is 5.12. The van der Waals surface area contributed by atoms with E-state index < -0.39 is 0 Å². The number of para-hydroxylation sites is 1. The second kappa shape index (κ2) is 8.40. The van der Waals surface area contributed by atoms with Crippen molar-refractivity contribution in [2.45, 2.75) is 24.9 Å². The molecule has 1 aromatic carbocycles. The Morgan fingerprint density at radius 3 is 2.65 bits per heavy atom. The Balaban J connectivity index is 1.42. The Hall–Kier alpha value is -2.28. The topological polar surface area (TPSA) is 71.1 Å². The van der Waals surface area contributed by atoms with Crippen molar-refractivity contribution in [1.29, 1.82) is 0 Å². The van der Waals surface area contributed by atoms with Gasteiger partial charge in [-0.15, -0.1) is 0 Å². The third-order valence-electron chi connectivity index (χ3n) is 5.12. The first-order valence-corrected chi connectivity index (χ1v) is 9.19. The van der Waals surface area contributed by atoms with Crippen molar-refractivity contribution in [3.63, 3.8) is 0 Å². The Bertz CT molecular complexity index is 614. The van der Waals surface area contributed by atoms with Crippen LogP contribution in [0.5, 0.6) is 5.75 Å². The van der Waals surface area contributed by atoms with Crippen LogP contribution in [0.3, 0.4) is 0 Å². The van der Waals surface area contributed by atoms with Gasteiger partial charge in [0.05, 0.1) is 13.1 Å². The van der Waals surface area contributed by atoms with E-state index in [0.717, 1.165) is 38.2 Å². The number of benzene rings is 1. The van der Waals surface area contributed by atoms with E-state index in [9.17, 15) is 9.59 Å². The predicted molar refractivity (Wildman–Crippen MR) is 97.1 cm³/mol. The third kappa shape index (κ3) is 4.66. The standard InChI is InChI=1S/C19H27N3O4/c1-20-17(23)7-10-21-11-8-19(9-12-21)15-22(18(24)26-19)13-14-25-16-5-3-2-4-6-16/h2-6H,7-15H2,1H3,(H,20,23). The van der Waals surface area contributed by atoms with Crippen molar-refractivity contribution in [2.24, 2.45) is 0 Å². The average Bonchev–Trinajstić information content (AvgIpc) is 2.97. The summed E-state index contributed by atoms with van der Waals surface area (Å²) in [6, 6.07) is 9.59. The summed E-state index contributed by atoms with van der Waals surface area (Å²) in [7, 11) is 1.65. The van der Waals surface area contributed by atoms with Crippen molar-refractivity contribution in [1.82, 2.24) is 15.1 Å². The van der Waals surface area contributed by atoms with Crippen LogP contribution in [0.4, 0.5) is 4.79 Å². The summed E-state index contributed by atoms with van der Waals surface area (Å²) in [5.41, 5.74) is -0.382. The minimum absolute atomic E-state index is 0.0576. The van der Waals surface area contributed by atoms with Gasteiger partial charge in [-0.3, -0.25) is 4.79 Å². The summed E-state index contributed by atoms with van der Waals surface area (Å²) in [6.45, 7) is 4.03. The molecule has 0 bridgehead atoms. The number of carbonyl (C=O) groups excluding carboxylic acids is 2. The van der Waals surface area contributed by atoms with Crippen LogP contribution >= 0.6 is 0 Å².